The van der Waals surface area contributed by atoms with Gasteiger partial charge in [0.2, 0.25) is 0 Å². The number of hydrogen-bond acceptors (Lipinski definition) is 6. The van der Waals surface area contributed by atoms with Crippen LogP contribution in [0.4, 0.5) is 0 Å². The number of oxime groups is 1. The zero-order valence-electron chi connectivity index (χ0n) is 11.4. The normalized spacial score (nSPS) is 12.9. The Labute approximate surface area is 126 Å². The Hall–Kier alpha value is -3.51. The molecule has 22 heavy (non-hydrogen) atoms. The third kappa shape index (κ3) is 2.00. The van der Waals surface area contributed by atoms with E-state index < -0.39 is 0 Å². The van der Waals surface area contributed by atoms with Crippen molar-refractivity contribution in [2.75, 3.05) is 6.61 Å². The Morgan fingerprint density at radius 2 is 1.73 bits per heavy atom. The Kier molecular flexibility index (Phi) is 3.35. The van der Waals surface area contributed by atoms with Crippen molar-refractivity contribution in [3.05, 3.63) is 59.6 Å². The molecule has 2 aromatic rings. The number of benzene rings is 1. The quantitative estimate of drug-likeness (QED) is 0.418. The number of nitrogens with zero attached hydrogens (tertiary/aromatic N) is 5. The first-order chi connectivity index (χ1) is 10.8. The molecule has 0 fully saturated rings. The summed E-state index contributed by atoms with van der Waals surface area (Å²) in [6.07, 6.45) is 1.58. The molecule has 1 aromatic carbocycles. The summed E-state index contributed by atoms with van der Waals surface area (Å²) in [5.41, 5.74) is 3.08. The van der Waals surface area contributed by atoms with Gasteiger partial charge < -0.3 is 4.84 Å². The number of hydrogen-bond donors (Lipinski definition) is 0. The van der Waals surface area contributed by atoms with Gasteiger partial charge in [-0.15, -0.1) is 0 Å². The first-order valence-electron chi connectivity index (χ1n) is 6.43. The third-order valence-electron chi connectivity index (χ3n) is 3.12. The number of fused-ring (bicyclic) bond motifs is 3. The van der Waals surface area contributed by atoms with Gasteiger partial charge in [-0.05, 0) is 0 Å². The minimum atomic E-state index is -0.0227. The fourth-order valence-corrected chi connectivity index (χ4v) is 2.21. The average Bonchev–Trinajstić information content (AvgIpc) is 2.87. The van der Waals surface area contributed by atoms with Crippen molar-refractivity contribution >= 4 is 5.71 Å². The zero-order chi connectivity index (χ0) is 15.5. The summed E-state index contributed by atoms with van der Waals surface area (Å²) in [4.78, 5) is 13.7. The van der Waals surface area contributed by atoms with E-state index in [1.807, 2.05) is 36.4 Å². The van der Waals surface area contributed by atoms with Gasteiger partial charge in [0.25, 0.3) is 0 Å². The second kappa shape index (κ2) is 5.47. The molecule has 0 saturated heterocycles. The second-order valence-corrected chi connectivity index (χ2v) is 4.41. The molecule has 0 spiro atoms. The fraction of sp³-hybridized carbons (Fsp3) is 0.0625. The highest BCUT2D eigenvalue weighted by Crippen LogP contribution is 2.34. The van der Waals surface area contributed by atoms with Gasteiger partial charge >= 0.3 is 0 Å². The van der Waals surface area contributed by atoms with E-state index in [0.717, 1.165) is 11.1 Å². The van der Waals surface area contributed by atoms with Crippen molar-refractivity contribution in [2.45, 2.75) is 0 Å². The molecule has 1 aliphatic carbocycles. The zero-order valence-corrected chi connectivity index (χ0v) is 11.4. The van der Waals surface area contributed by atoms with Crippen LogP contribution in [0.1, 0.15) is 22.6 Å². The molecule has 0 aliphatic heterocycles. The van der Waals surface area contributed by atoms with Gasteiger partial charge in [-0.3, -0.25) is 0 Å². The first kappa shape index (κ1) is 13.5. The van der Waals surface area contributed by atoms with Crippen molar-refractivity contribution in [1.82, 2.24) is 9.97 Å². The highest BCUT2D eigenvalue weighted by atomic mass is 16.6. The molecular formula is C16H9N5O. The van der Waals surface area contributed by atoms with Crippen LogP contribution >= 0.6 is 0 Å². The lowest BCUT2D eigenvalue weighted by atomic mass is 10.1. The van der Waals surface area contributed by atoms with Crippen molar-refractivity contribution in [2.24, 2.45) is 5.16 Å². The summed E-state index contributed by atoms with van der Waals surface area (Å²) in [5.74, 6) is 0. The highest BCUT2D eigenvalue weighted by molar-refractivity contribution is 6.22. The van der Waals surface area contributed by atoms with Crippen molar-refractivity contribution in [3.8, 4) is 23.4 Å². The minimum absolute atomic E-state index is 0.00399. The van der Waals surface area contributed by atoms with Crippen LogP contribution in [-0.2, 0) is 4.84 Å². The van der Waals surface area contributed by atoms with Crippen molar-refractivity contribution in [3.63, 3.8) is 0 Å². The van der Waals surface area contributed by atoms with Gasteiger partial charge in [-0.1, -0.05) is 42.1 Å². The third-order valence-corrected chi connectivity index (χ3v) is 3.12. The molecule has 1 aliphatic rings. The molecule has 0 N–H and O–H groups in total. The first-order valence-corrected chi connectivity index (χ1v) is 6.43. The van der Waals surface area contributed by atoms with Crippen LogP contribution in [0, 0.1) is 22.7 Å². The molecule has 1 heterocycles. The van der Waals surface area contributed by atoms with E-state index in [9.17, 15) is 0 Å². The topological polar surface area (TPSA) is 95.0 Å². The van der Waals surface area contributed by atoms with E-state index in [1.165, 1.54) is 0 Å². The fourth-order valence-electron chi connectivity index (χ4n) is 2.21. The molecule has 1 aromatic heterocycles. The van der Waals surface area contributed by atoms with Gasteiger partial charge in [0.05, 0.1) is 0 Å². The molecule has 3 rings (SSSR count). The van der Waals surface area contributed by atoms with Crippen LogP contribution in [0.15, 0.2) is 42.1 Å². The van der Waals surface area contributed by atoms with Crippen LogP contribution in [-0.4, -0.2) is 22.3 Å². The second-order valence-electron chi connectivity index (χ2n) is 4.41. The largest absolute Gasteiger partial charge is 0.391 e. The van der Waals surface area contributed by atoms with E-state index in [2.05, 4.69) is 21.7 Å². The Balaban J connectivity index is 2.25. The summed E-state index contributed by atoms with van der Waals surface area (Å²) in [6.45, 7) is 3.82. The van der Waals surface area contributed by atoms with E-state index in [1.54, 1.807) is 6.08 Å². The van der Waals surface area contributed by atoms with Gasteiger partial charge in [0.1, 0.15) is 35.8 Å². The summed E-state index contributed by atoms with van der Waals surface area (Å²) >= 11 is 0. The van der Waals surface area contributed by atoms with Crippen LogP contribution in [0.5, 0.6) is 0 Å². The lowest BCUT2D eigenvalue weighted by molar-refractivity contribution is 0.175. The Morgan fingerprint density at radius 3 is 2.36 bits per heavy atom. The summed E-state index contributed by atoms with van der Waals surface area (Å²) in [6, 6.07) is 11.2. The Bertz CT molecular complexity index is 886. The monoisotopic (exact) mass is 287 g/mol. The maximum Gasteiger partial charge on any atom is 0.177 e. The maximum absolute atomic E-state index is 9.11. The van der Waals surface area contributed by atoms with Gasteiger partial charge in [-0.2, -0.15) is 10.5 Å². The predicted octanol–water partition coefficient (Wildman–Crippen LogP) is 2.16. The molecular weight excluding hydrogens is 278 g/mol. The Morgan fingerprint density at radius 1 is 1.09 bits per heavy atom. The average molecular weight is 287 g/mol. The van der Waals surface area contributed by atoms with E-state index in [-0.39, 0.29) is 18.0 Å². The van der Waals surface area contributed by atoms with Crippen LogP contribution in [0.3, 0.4) is 0 Å². The SMILES string of the molecule is C=CCO/N=C1/c2ccccc2-c2nc(C#N)c(C#N)nc21. The van der Waals surface area contributed by atoms with Gasteiger partial charge in [-0.25, -0.2) is 9.97 Å². The molecule has 6 heteroatoms. The van der Waals surface area contributed by atoms with Crippen molar-refractivity contribution in [1.29, 1.82) is 10.5 Å². The molecule has 0 amide bonds. The molecule has 0 radical (unpaired) electrons. The lowest BCUT2D eigenvalue weighted by Gasteiger charge is -2.01. The van der Waals surface area contributed by atoms with E-state index >= 15 is 0 Å². The summed E-state index contributed by atoms with van der Waals surface area (Å²) in [5, 5.41) is 22.3. The predicted molar refractivity (Wildman–Crippen MR) is 78.7 cm³/mol. The van der Waals surface area contributed by atoms with Crippen LogP contribution in [0.2, 0.25) is 0 Å². The number of nitriles is 2. The van der Waals surface area contributed by atoms with Crippen molar-refractivity contribution < 1.29 is 4.84 Å². The lowest BCUT2D eigenvalue weighted by Crippen LogP contribution is -2.06. The standard InChI is InChI=1S/C16H9N5O/c1-2-7-22-21-15-11-6-4-3-5-10(11)14-16(15)20-13(9-18)12(8-17)19-14/h2-6H,1,7H2/b21-15-. The molecule has 104 valence electrons. The molecule has 0 saturated carbocycles. The molecule has 0 bridgehead atoms. The van der Waals surface area contributed by atoms with Gasteiger partial charge in [0, 0.05) is 11.1 Å². The number of aromatic nitrogens is 2. The smallest absolute Gasteiger partial charge is 0.177 e. The summed E-state index contributed by atoms with van der Waals surface area (Å²) in [7, 11) is 0. The van der Waals surface area contributed by atoms with E-state index in [0.29, 0.717) is 17.1 Å². The number of rotatable bonds is 3. The molecule has 0 unspecified atom stereocenters. The van der Waals surface area contributed by atoms with E-state index in [4.69, 9.17) is 15.4 Å². The summed E-state index contributed by atoms with van der Waals surface area (Å²) < 4.78 is 0. The maximum atomic E-state index is 9.11. The highest BCUT2D eigenvalue weighted by Gasteiger charge is 2.30. The molecule has 0 atom stereocenters. The van der Waals surface area contributed by atoms with Crippen LogP contribution in [0.25, 0.3) is 11.3 Å². The molecule has 6 nitrogen and oxygen atoms in total. The van der Waals surface area contributed by atoms with Crippen LogP contribution < -0.4 is 0 Å². The van der Waals surface area contributed by atoms with Gasteiger partial charge in [0.15, 0.2) is 11.4 Å². The minimum Gasteiger partial charge on any atom is -0.391 e.